The number of hydrogen-bond acceptors (Lipinski definition) is 2. The molecule has 0 bridgehead atoms. The van der Waals surface area contributed by atoms with Crippen LogP contribution in [0.15, 0.2) is 103 Å². The zero-order valence-corrected chi connectivity index (χ0v) is 24.3. The van der Waals surface area contributed by atoms with Gasteiger partial charge in [-0.15, -0.1) is 59.5 Å². The zero-order chi connectivity index (χ0) is 26.6. The number of nitriles is 1. The Hall–Kier alpha value is -3.56. The summed E-state index contributed by atoms with van der Waals surface area (Å²) in [5, 5.41) is 9.23. The maximum atomic E-state index is 9.23. The first-order chi connectivity index (χ1) is 18.5. The van der Waals surface area contributed by atoms with Crippen LogP contribution in [0.2, 0.25) is 0 Å². The van der Waals surface area contributed by atoms with Crippen molar-refractivity contribution in [3.63, 3.8) is 0 Å². The molecule has 0 atom stereocenters. The fourth-order valence-corrected chi connectivity index (χ4v) is 5.03. The molecule has 5 aromatic rings. The van der Waals surface area contributed by atoms with E-state index in [-0.39, 0.29) is 37.3 Å². The number of rotatable bonds is 2. The van der Waals surface area contributed by atoms with Crippen molar-refractivity contribution in [3.05, 3.63) is 144 Å². The van der Waals surface area contributed by atoms with Crippen LogP contribution in [-0.2, 0) is 0 Å². The molecule has 0 aliphatic carbocycles. The van der Waals surface area contributed by atoms with E-state index in [1.54, 1.807) is 0 Å². The van der Waals surface area contributed by atoms with E-state index in [2.05, 4.69) is 84.9 Å². The molecule has 195 valence electrons. The fraction of sp³-hybridized carbons (Fsp3) is 0.114. The quantitative estimate of drug-likeness (QED) is 0.144. The predicted molar refractivity (Wildman–Crippen MR) is 153 cm³/mol. The van der Waals surface area contributed by atoms with E-state index >= 15 is 0 Å². The topological polar surface area (TPSA) is 40.6 Å². The first-order valence-corrected chi connectivity index (χ1v) is 12.7. The van der Waals surface area contributed by atoms with E-state index in [9.17, 15) is 5.26 Å². The standard InChI is InChI=1S/C19H13N2.C16H16N.Er/c1-14-17(18-10-6-5-9-16(18)13-20)11-12-19(21-14)15-7-3-2-4-8-15;1-11-7-6-10-16-15-9-5-4-8-14(15)12(2)13(3)17(11)16;/h2-7,9-12H,1H3;4-10H,1-3H3;/q2*-1;+3. The van der Waals surface area contributed by atoms with E-state index in [0.29, 0.717) is 5.56 Å². The number of nitrogens with zero attached hydrogens (tertiary/aromatic N) is 3. The largest absolute Gasteiger partial charge is 3.00 e. The molecule has 1 aliphatic heterocycles. The van der Waals surface area contributed by atoms with E-state index in [0.717, 1.165) is 28.1 Å². The van der Waals surface area contributed by atoms with E-state index in [1.807, 2.05) is 67.6 Å². The molecule has 2 aromatic heterocycles. The minimum absolute atomic E-state index is 0. The van der Waals surface area contributed by atoms with Crippen LogP contribution in [-0.4, -0.2) is 4.98 Å². The first kappa shape index (κ1) is 28.4. The molecule has 3 nitrogen and oxygen atoms in total. The maximum absolute atomic E-state index is 9.23. The van der Waals surface area contributed by atoms with Gasteiger partial charge in [0.25, 0.3) is 0 Å². The molecule has 0 saturated carbocycles. The number of aromatic nitrogens is 2. The van der Waals surface area contributed by atoms with Gasteiger partial charge in [-0.3, -0.25) is 0 Å². The van der Waals surface area contributed by atoms with Crippen molar-refractivity contribution in [2.24, 2.45) is 0 Å². The number of aryl methyl sites for hydroxylation is 2. The monoisotopic (exact) mass is 657 g/mol. The second-order valence-corrected chi connectivity index (χ2v) is 9.41. The normalized spacial score (nSPS) is 11.3. The number of hydrogen-bond donors (Lipinski definition) is 0. The van der Waals surface area contributed by atoms with Crippen LogP contribution < -0.4 is 4.57 Å². The SMILES string of the molecule is Cc1cccc2[n+]1[C-](C)[C-](C)c1ccccc1-2.Cc1nc(-c2[c-]cccc2)ccc1-c1ccccc1C#N.[Er+3]. The second kappa shape index (κ2) is 12.5. The van der Waals surface area contributed by atoms with Gasteiger partial charge in [-0.05, 0) is 32.5 Å². The Morgan fingerprint density at radius 2 is 1.49 bits per heavy atom. The van der Waals surface area contributed by atoms with Crippen LogP contribution in [0.5, 0.6) is 0 Å². The molecular weight excluding hydrogens is 630 g/mol. The van der Waals surface area contributed by atoms with Gasteiger partial charge in [-0.1, -0.05) is 61.5 Å². The summed E-state index contributed by atoms with van der Waals surface area (Å²) in [7, 11) is 0. The van der Waals surface area contributed by atoms with Gasteiger partial charge in [-0.25, -0.2) is 0 Å². The minimum atomic E-state index is 0. The van der Waals surface area contributed by atoms with Gasteiger partial charge < -0.3 is 9.55 Å². The van der Waals surface area contributed by atoms with Crippen molar-refractivity contribution in [2.45, 2.75) is 27.7 Å². The second-order valence-electron chi connectivity index (χ2n) is 9.41. The molecule has 0 amide bonds. The minimum Gasteiger partial charge on any atom is -0.343 e. The summed E-state index contributed by atoms with van der Waals surface area (Å²) in [6.07, 6.45) is 0. The van der Waals surface area contributed by atoms with Crippen LogP contribution in [0.4, 0.5) is 0 Å². The molecule has 0 unspecified atom stereocenters. The Kier molecular flexibility index (Phi) is 9.14. The molecule has 0 N–H and O–H groups in total. The number of fused-ring (bicyclic) bond motifs is 3. The molecule has 6 rings (SSSR count). The van der Waals surface area contributed by atoms with Crippen molar-refractivity contribution < 1.29 is 41.9 Å². The fourth-order valence-electron chi connectivity index (χ4n) is 5.03. The third-order valence-corrected chi connectivity index (χ3v) is 7.08. The van der Waals surface area contributed by atoms with Crippen LogP contribution in [0.1, 0.15) is 36.4 Å². The summed E-state index contributed by atoms with van der Waals surface area (Å²) < 4.78 is 2.34. The molecule has 3 aromatic carbocycles. The first-order valence-electron chi connectivity index (χ1n) is 12.7. The van der Waals surface area contributed by atoms with Crippen molar-refractivity contribution in [3.8, 4) is 39.7 Å². The molecule has 1 radical (unpaired) electrons. The van der Waals surface area contributed by atoms with Crippen LogP contribution in [0, 0.1) is 80.5 Å². The third kappa shape index (κ3) is 5.74. The summed E-state index contributed by atoms with van der Waals surface area (Å²) in [5.74, 6) is 1.37. The van der Waals surface area contributed by atoms with Crippen molar-refractivity contribution in [2.75, 3.05) is 0 Å². The molecular formula is C35H29ErN3+. The average Bonchev–Trinajstić information content (AvgIpc) is 2.96. The van der Waals surface area contributed by atoms with E-state index < -0.39 is 0 Å². The zero-order valence-electron chi connectivity index (χ0n) is 22.4. The van der Waals surface area contributed by atoms with Crippen molar-refractivity contribution in [1.82, 2.24) is 4.98 Å². The van der Waals surface area contributed by atoms with Gasteiger partial charge in [0, 0.05) is 22.9 Å². The Balaban J connectivity index is 0.000000180. The Morgan fingerprint density at radius 1 is 0.769 bits per heavy atom. The number of benzene rings is 3. The third-order valence-electron chi connectivity index (χ3n) is 7.08. The Bertz CT molecular complexity index is 1640. The smallest absolute Gasteiger partial charge is 0.343 e. The Labute approximate surface area is 261 Å². The summed E-state index contributed by atoms with van der Waals surface area (Å²) in [4.78, 5) is 4.65. The molecule has 1 aliphatic rings. The van der Waals surface area contributed by atoms with Crippen molar-refractivity contribution >= 4 is 0 Å². The van der Waals surface area contributed by atoms with Gasteiger partial charge in [0.15, 0.2) is 0 Å². The summed E-state index contributed by atoms with van der Waals surface area (Å²) >= 11 is 0. The summed E-state index contributed by atoms with van der Waals surface area (Å²) in [6, 6.07) is 41.2. The molecule has 3 heterocycles. The molecule has 4 heteroatoms. The van der Waals surface area contributed by atoms with E-state index in [1.165, 1.54) is 34.5 Å². The summed E-state index contributed by atoms with van der Waals surface area (Å²) in [6.45, 7) is 8.53. The van der Waals surface area contributed by atoms with Crippen LogP contribution in [0.25, 0.3) is 33.6 Å². The maximum Gasteiger partial charge on any atom is 3.00 e. The molecule has 0 saturated heterocycles. The van der Waals surface area contributed by atoms with Crippen LogP contribution in [0.3, 0.4) is 0 Å². The van der Waals surface area contributed by atoms with E-state index in [4.69, 9.17) is 0 Å². The van der Waals surface area contributed by atoms with Gasteiger partial charge in [0.1, 0.15) is 0 Å². The van der Waals surface area contributed by atoms with Crippen LogP contribution >= 0.6 is 0 Å². The van der Waals surface area contributed by atoms with Gasteiger partial charge >= 0.3 is 37.3 Å². The molecule has 0 spiro atoms. The molecule has 39 heavy (non-hydrogen) atoms. The number of pyridine rings is 2. The van der Waals surface area contributed by atoms with Gasteiger partial charge in [0.2, 0.25) is 0 Å². The van der Waals surface area contributed by atoms with Crippen molar-refractivity contribution in [1.29, 1.82) is 5.26 Å². The van der Waals surface area contributed by atoms with Gasteiger partial charge in [0.05, 0.1) is 23.0 Å². The Morgan fingerprint density at radius 3 is 2.21 bits per heavy atom. The molecule has 0 fully saturated rings. The average molecular weight is 659 g/mol. The predicted octanol–water partition coefficient (Wildman–Crippen LogP) is 7.70. The van der Waals surface area contributed by atoms with Gasteiger partial charge in [-0.2, -0.15) is 16.9 Å². The summed E-state index contributed by atoms with van der Waals surface area (Å²) in [5.41, 5.74) is 10.6.